The van der Waals surface area contributed by atoms with E-state index in [1.807, 2.05) is 6.20 Å². The Morgan fingerprint density at radius 1 is 1.40 bits per heavy atom. The van der Waals surface area contributed by atoms with Crippen molar-refractivity contribution in [1.29, 1.82) is 0 Å². The summed E-state index contributed by atoms with van der Waals surface area (Å²) in [5.41, 5.74) is 0. The molecular formula is C9H11ClN2NaOS. The van der Waals surface area contributed by atoms with Crippen LogP contribution in [0, 0.1) is 4.51 Å². The summed E-state index contributed by atoms with van der Waals surface area (Å²) in [6, 6.07) is 1.79. The number of ether oxygens (including phenoxy) is 1. The van der Waals surface area contributed by atoms with Crippen molar-refractivity contribution in [3.63, 3.8) is 0 Å². The third-order valence-corrected chi connectivity index (χ3v) is 3.04. The summed E-state index contributed by atoms with van der Waals surface area (Å²) in [5, 5.41) is 0.629. The Hall–Kier alpha value is 0.420. The normalized spacial score (nSPS) is 15.9. The number of pyridine rings is 1. The summed E-state index contributed by atoms with van der Waals surface area (Å²) in [6.45, 7) is 3.20. The molecule has 0 unspecified atom stereocenters. The number of morpholine rings is 1. The number of anilines is 1. The number of aromatic amines is 1. The molecule has 2 heterocycles. The van der Waals surface area contributed by atoms with Gasteiger partial charge in [-0.1, -0.05) is 23.8 Å². The number of nitrogens with zero attached hydrogens (tertiary/aromatic N) is 1. The summed E-state index contributed by atoms with van der Waals surface area (Å²) in [7, 11) is 0. The number of nitrogens with one attached hydrogen (secondary N) is 1. The second-order valence-electron chi connectivity index (χ2n) is 3.10. The average molecular weight is 254 g/mol. The van der Waals surface area contributed by atoms with E-state index in [1.165, 1.54) is 0 Å². The molecule has 1 aromatic heterocycles. The number of aromatic nitrogens is 1. The van der Waals surface area contributed by atoms with Crippen LogP contribution >= 0.6 is 23.8 Å². The monoisotopic (exact) mass is 253 g/mol. The Balaban J connectivity index is 0.00000112. The predicted molar refractivity (Wildman–Crippen MR) is 65.4 cm³/mol. The molecule has 1 aliphatic heterocycles. The molecule has 0 aliphatic carbocycles. The van der Waals surface area contributed by atoms with Crippen molar-refractivity contribution in [3.05, 3.63) is 21.8 Å². The van der Waals surface area contributed by atoms with Crippen molar-refractivity contribution in [2.24, 2.45) is 0 Å². The molecular weight excluding hydrogens is 243 g/mol. The predicted octanol–water partition coefficient (Wildman–Crippen LogP) is 1.85. The van der Waals surface area contributed by atoms with Gasteiger partial charge in [0.25, 0.3) is 0 Å². The Morgan fingerprint density at radius 2 is 2.07 bits per heavy atom. The van der Waals surface area contributed by atoms with E-state index in [4.69, 9.17) is 28.6 Å². The molecule has 3 nitrogen and oxygen atoms in total. The van der Waals surface area contributed by atoms with Gasteiger partial charge in [0, 0.05) is 48.8 Å². The third kappa shape index (κ3) is 3.19. The Morgan fingerprint density at radius 3 is 2.73 bits per heavy atom. The minimum Gasteiger partial charge on any atom is -0.378 e. The molecule has 1 aromatic rings. The molecule has 77 valence electrons. The maximum atomic E-state index is 6.11. The van der Waals surface area contributed by atoms with Gasteiger partial charge in [-0.2, -0.15) is 0 Å². The van der Waals surface area contributed by atoms with Crippen LogP contribution in [-0.2, 0) is 4.74 Å². The maximum Gasteiger partial charge on any atom is 0.126 e. The molecule has 0 saturated carbocycles. The molecule has 1 saturated heterocycles. The van der Waals surface area contributed by atoms with Gasteiger partial charge in [-0.15, -0.1) is 0 Å². The van der Waals surface area contributed by atoms with Gasteiger partial charge in [0.15, 0.2) is 0 Å². The number of halogens is 1. The molecule has 6 heteroatoms. The van der Waals surface area contributed by atoms with E-state index in [0.29, 0.717) is 9.53 Å². The van der Waals surface area contributed by atoms with E-state index in [1.54, 1.807) is 6.07 Å². The first-order valence-corrected chi connectivity index (χ1v) is 5.27. The molecule has 0 aromatic carbocycles. The van der Waals surface area contributed by atoms with Gasteiger partial charge in [-0.05, 0) is 6.07 Å². The van der Waals surface area contributed by atoms with Gasteiger partial charge >= 0.3 is 0 Å². The summed E-state index contributed by atoms with van der Waals surface area (Å²) >= 11 is 11.2. The van der Waals surface area contributed by atoms with Crippen LogP contribution in [0.2, 0.25) is 5.02 Å². The van der Waals surface area contributed by atoms with Crippen molar-refractivity contribution < 1.29 is 4.74 Å². The fourth-order valence-corrected chi connectivity index (χ4v) is 1.87. The van der Waals surface area contributed by atoms with Gasteiger partial charge in [0.05, 0.1) is 22.7 Å². The first-order chi connectivity index (χ1) is 6.79. The van der Waals surface area contributed by atoms with Crippen LogP contribution in [-0.4, -0.2) is 60.8 Å². The SMILES string of the molecule is S=c1cc[nH]c(N2CCOCC2)c1Cl.[Na]. The molecule has 0 spiro atoms. The Bertz CT molecular complexity index is 379. The van der Waals surface area contributed by atoms with Crippen LogP contribution in [0.3, 0.4) is 0 Å². The van der Waals surface area contributed by atoms with E-state index in [9.17, 15) is 0 Å². The van der Waals surface area contributed by atoms with Gasteiger partial charge in [0.1, 0.15) is 5.82 Å². The first-order valence-electron chi connectivity index (χ1n) is 4.49. The van der Waals surface area contributed by atoms with E-state index < -0.39 is 0 Å². The number of hydrogen-bond donors (Lipinski definition) is 1. The topological polar surface area (TPSA) is 28.3 Å². The van der Waals surface area contributed by atoms with Crippen molar-refractivity contribution in [3.8, 4) is 0 Å². The Kier molecular flexibility index (Phi) is 5.60. The van der Waals surface area contributed by atoms with Crippen molar-refractivity contribution in [2.75, 3.05) is 31.2 Å². The smallest absolute Gasteiger partial charge is 0.126 e. The molecule has 1 aliphatic rings. The second-order valence-corrected chi connectivity index (χ2v) is 3.92. The first kappa shape index (κ1) is 13.5. The largest absolute Gasteiger partial charge is 0.378 e. The maximum absolute atomic E-state index is 6.11. The summed E-state index contributed by atoms with van der Waals surface area (Å²) < 4.78 is 5.95. The third-order valence-electron chi connectivity index (χ3n) is 2.21. The minimum absolute atomic E-state index is 0. The average Bonchev–Trinajstić information content (AvgIpc) is 2.23. The molecule has 1 fully saturated rings. The van der Waals surface area contributed by atoms with Crippen molar-refractivity contribution >= 4 is 59.2 Å². The quantitative estimate of drug-likeness (QED) is 0.612. The molecule has 1 N–H and O–H groups in total. The van der Waals surface area contributed by atoms with Crippen LogP contribution in [0.25, 0.3) is 0 Å². The van der Waals surface area contributed by atoms with Crippen LogP contribution in [0.1, 0.15) is 0 Å². The number of hydrogen-bond acceptors (Lipinski definition) is 3. The molecule has 1 radical (unpaired) electrons. The van der Waals surface area contributed by atoms with Gasteiger partial charge in [-0.25, -0.2) is 0 Å². The van der Waals surface area contributed by atoms with Crippen LogP contribution in [0.15, 0.2) is 12.3 Å². The molecule has 2 rings (SSSR count). The summed E-state index contributed by atoms with van der Waals surface area (Å²) in [4.78, 5) is 5.27. The zero-order chi connectivity index (χ0) is 9.97. The van der Waals surface area contributed by atoms with Crippen LogP contribution in [0.4, 0.5) is 5.82 Å². The van der Waals surface area contributed by atoms with Crippen LogP contribution in [0.5, 0.6) is 0 Å². The zero-order valence-corrected chi connectivity index (χ0v) is 12.2. The summed E-state index contributed by atoms with van der Waals surface area (Å²) in [6.07, 6.45) is 1.82. The van der Waals surface area contributed by atoms with Crippen molar-refractivity contribution in [2.45, 2.75) is 0 Å². The number of rotatable bonds is 1. The molecule has 0 atom stereocenters. The van der Waals surface area contributed by atoms with Crippen LogP contribution < -0.4 is 4.90 Å². The van der Waals surface area contributed by atoms with E-state index in [-0.39, 0.29) is 29.6 Å². The van der Waals surface area contributed by atoms with E-state index in [2.05, 4.69) is 9.88 Å². The fourth-order valence-electron chi connectivity index (χ4n) is 1.47. The van der Waals surface area contributed by atoms with Gasteiger partial charge in [0.2, 0.25) is 0 Å². The van der Waals surface area contributed by atoms with Gasteiger partial charge in [-0.3, -0.25) is 0 Å². The van der Waals surface area contributed by atoms with Gasteiger partial charge < -0.3 is 14.6 Å². The van der Waals surface area contributed by atoms with E-state index in [0.717, 1.165) is 32.1 Å². The van der Waals surface area contributed by atoms with Crippen molar-refractivity contribution in [1.82, 2.24) is 4.98 Å². The minimum atomic E-state index is 0. The zero-order valence-electron chi connectivity index (χ0n) is 8.62. The number of H-pyrrole nitrogens is 1. The summed E-state index contributed by atoms with van der Waals surface area (Å²) in [5.74, 6) is 0.905. The second kappa shape index (κ2) is 6.23. The molecule has 0 amide bonds. The van der Waals surface area contributed by atoms with E-state index >= 15 is 0 Å². The Labute approximate surface area is 121 Å². The molecule has 0 bridgehead atoms. The molecule has 15 heavy (non-hydrogen) atoms. The fraction of sp³-hybridized carbons (Fsp3) is 0.444. The standard InChI is InChI=1S/C9H11ClN2OS.Na/c10-8-7(14)1-2-11-9(8)12-3-5-13-6-4-12;/h1-2H,3-6H2,(H,11,14);.